The molecular formula is C24H48N4O2. The molecule has 30 heavy (non-hydrogen) atoms. The topological polar surface area (TPSA) is 97.2 Å². The molecule has 6 heteroatoms. The summed E-state index contributed by atoms with van der Waals surface area (Å²) in [4.78, 5) is 0. The van der Waals surface area contributed by atoms with E-state index in [1.54, 1.807) is 0 Å². The standard InChI is InChI=1S/C24H48N4O2/c1-2-3-4-5-6-7-8-9-10-11-12-13-14-15-16-17-18-28-20-23(26-27-28)19-24(25,21-29)22-30/h20,29-30H,2-19,21-22,25H2,1H3. The van der Waals surface area contributed by atoms with Crippen molar-refractivity contribution in [2.24, 2.45) is 5.73 Å². The lowest BCUT2D eigenvalue weighted by Crippen LogP contribution is -2.49. The molecule has 0 atom stereocenters. The van der Waals surface area contributed by atoms with E-state index in [1.807, 2.05) is 10.9 Å². The van der Waals surface area contributed by atoms with Crippen molar-refractivity contribution in [3.63, 3.8) is 0 Å². The molecule has 0 aliphatic heterocycles. The number of aromatic nitrogens is 3. The third kappa shape index (κ3) is 13.3. The summed E-state index contributed by atoms with van der Waals surface area (Å²) in [6.07, 6.45) is 24.1. The Morgan fingerprint density at radius 3 is 1.63 bits per heavy atom. The van der Waals surface area contributed by atoms with Crippen LogP contribution in [0.4, 0.5) is 0 Å². The van der Waals surface area contributed by atoms with Crippen LogP contribution in [0.3, 0.4) is 0 Å². The fourth-order valence-electron chi connectivity index (χ4n) is 3.87. The van der Waals surface area contributed by atoms with E-state index in [9.17, 15) is 10.2 Å². The number of hydrogen-bond acceptors (Lipinski definition) is 5. The van der Waals surface area contributed by atoms with E-state index in [-0.39, 0.29) is 13.2 Å². The van der Waals surface area contributed by atoms with Crippen LogP contribution in [-0.2, 0) is 13.0 Å². The van der Waals surface area contributed by atoms with E-state index < -0.39 is 5.54 Å². The molecule has 176 valence electrons. The number of hydrogen-bond donors (Lipinski definition) is 3. The van der Waals surface area contributed by atoms with Gasteiger partial charge in [-0.2, -0.15) is 0 Å². The van der Waals surface area contributed by atoms with Gasteiger partial charge in [0, 0.05) is 19.2 Å². The van der Waals surface area contributed by atoms with Gasteiger partial charge in [0.15, 0.2) is 0 Å². The minimum atomic E-state index is -1.02. The van der Waals surface area contributed by atoms with Crippen molar-refractivity contribution >= 4 is 0 Å². The maximum atomic E-state index is 9.27. The largest absolute Gasteiger partial charge is 0.394 e. The van der Waals surface area contributed by atoms with E-state index in [4.69, 9.17) is 5.73 Å². The van der Waals surface area contributed by atoms with Crippen LogP contribution in [0.15, 0.2) is 6.20 Å². The molecule has 0 unspecified atom stereocenters. The van der Waals surface area contributed by atoms with Crippen molar-refractivity contribution in [1.29, 1.82) is 0 Å². The van der Waals surface area contributed by atoms with Gasteiger partial charge in [0.25, 0.3) is 0 Å². The predicted molar refractivity (Wildman–Crippen MR) is 124 cm³/mol. The molecule has 1 rings (SSSR count). The highest BCUT2D eigenvalue weighted by Crippen LogP contribution is 2.14. The van der Waals surface area contributed by atoms with Crippen molar-refractivity contribution in [3.8, 4) is 0 Å². The predicted octanol–water partition coefficient (Wildman–Crippen LogP) is 4.76. The first-order valence-electron chi connectivity index (χ1n) is 12.5. The minimum Gasteiger partial charge on any atom is -0.394 e. The number of nitrogens with two attached hydrogens (primary N) is 1. The molecule has 0 aliphatic carbocycles. The highest BCUT2D eigenvalue weighted by Gasteiger charge is 2.25. The van der Waals surface area contributed by atoms with Gasteiger partial charge in [-0.3, -0.25) is 4.68 Å². The maximum Gasteiger partial charge on any atom is 0.0847 e. The molecule has 0 spiro atoms. The van der Waals surface area contributed by atoms with Gasteiger partial charge in [0.1, 0.15) is 0 Å². The Balaban J connectivity index is 1.89. The van der Waals surface area contributed by atoms with E-state index in [0.29, 0.717) is 6.42 Å². The summed E-state index contributed by atoms with van der Waals surface area (Å²) < 4.78 is 1.84. The summed E-state index contributed by atoms with van der Waals surface area (Å²) in [5.74, 6) is 0. The van der Waals surface area contributed by atoms with Crippen LogP contribution in [0.5, 0.6) is 0 Å². The molecule has 4 N–H and O–H groups in total. The summed E-state index contributed by atoms with van der Waals surface area (Å²) in [5, 5.41) is 26.8. The fraction of sp³-hybridized carbons (Fsp3) is 0.917. The van der Waals surface area contributed by atoms with Crippen LogP contribution in [0.2, 0.25) is 0 Å². The van der Waals surface area contributed by atoms with E-state index in [0.717, 1.165) is 18.7 Å². The molecule has 0 aromatic carbocycles. The number of unbranched alkanes of at least 4 members (excludes halogenated alkanes) is 15. The zero-order valence-corrected chi connectivity index (χ0v) is 19.5. The second-order valence-electron chi connectivity index (χ2n) is 9.13. The molecule has 0 amide bonds. The molecule has 1 heterocycles. The Labute approximate surface area is 184 Å². The lowest BCUT2D eigenvalue weighted by Gasteiger charge is -2.22. The Morgan fingerprint density at radius 2 is 1.20 bits per heavy atom. The molecule has 1 aromatic rings. The van der Waals surface area contributed by atoms with Gasteiger partial charge < -0.3 is 15.9 Å². The molecule has 0 radical (unpaired) electrons. The maximum absolute atomic E-state index is 9.27. The zero-order valence-electron chi connectivity index (χ0n) is 19.5. The van der Waals surface area contributed by atoms with Crippen molar-refractivity contribution < 1.29 is 10.2 Å². The summed E-state index contributed by atoms with van der Waals surface area (Å²) in [6.45, 7) is 2.60. The molecule has 0 bridgehead atoms. The smallest absolute Gasteiger partial charge is 0.0847 e. The van der Waals surface area contributed by atoms with Crippen LogP contribution in [0.1, 0.15) is 115 Å². The molecule has 0 fully saturated rings. The van der Waals surface area contributed by atoms with Crippen LogP contribution in [0.25, 0.3) is 0 Å². The Hall–Kier alpha value is -0.980. The SMILES string of the molecule is CCCCCCCCCCCCCCCCCCn1cc(CC(N)(CO)CO)nn1. The van der Waals surface area contributed by atoms with Gasteiger partial charge in [0.2, 0.25) is 0 Å². The Morgan fingerprint density at radius 1 is 0.767 bits per heavy atom. The number of aliphatic hydroxyl groups is 2. The van der Waals surface area contributed by atoms with E-state index >= 15 is 0 Å². The first-order valence-corrected chi connectivity index (χ1v) is 12.5. The summed E-state index contributed by atoms with van der Waals surface area (Å²) in [5.41, 5.74) is 5.60. The quantitative estimate of drug-likeness (QED) is 0.247. The first-order chi connectivity index (χ1) is 14.6. The molecular weight excluding hydrogens is 376 g/mol. The average Bonchev–Trinajstić information content (AvgIpc) is 3.20. The summed E-state index contributed by atoms with van der Waals surface area (Å²) in [6, 6.07) is 0. The third-order valence-electron chi connectivity index (χ3n) is 5.99. The van der Waals surface area contributed by atoms with Gasteiger partial charge in [-0.25, -0.2) is 0 Å². The van der Waals surface area contributed by atoms with Gasteiger partial charge in [-0.15, -0.1) is 5.10 Å². The average molecular weight is 425 g/mol. The molecule has 0 saturated heterocycles. The molecule has 0 aliphatic rings. The van der Waals surface area contributed by atoms with Crippen molar-refractivity contribution in [3.05, 3.63) is 11.9 Å². The van der Waals surface area contributed by atoms with Gasteiger partial charge in [-0.1, -0.05) is 108 Å². The number of rotatable bonds is 21. The van der Waals surface area contributed by atoms with E-state index in [2.05, 4.69) is 17.2 Å². The molecule has 0 saturated carbocycles. The number of nitrogens with zero attached hydrogens (tertiary/aromatic N) is 3. The molecule has 6 nitrogen and oxygen atoms in total. The lowest BCUT2D eigenvalue weighted by molar-refractivity contribution is 0.120. The Kier molecular flexibility index (Phi) is 15.9. The highest BCUT2D eigenvalue weighted by atomic mass is 16.3. The van der Waals surface area contributed by atoms with Crippen LogP contribution >= 0.6 is 0 Å². The van der Waals surface area contributed by atoms with Crippen molar-refractivity contribution in [1.82, 2.24) is 15.0 Å². The van der Waals surface area contributed by atoms with Crippen LogP contribution in [0, 0.1) is 0 Å². The van der Waals surface area contributed by atoms with Crippen molar-refractivity contribution in [2.75, 3.05) is 13.2 Å². The van der Waals surface area contributed by atoms with Crippen LogP contribution < -0.4 is 5.73 Å². The van der Waals surface area contributed by atoms with Crippen LogP contribution in [-0.4, -0.2) is 44.0 Å². The second kappa shape index (κ2) is 17.7. The monoisotopic (exact) mass is 424 g/mol. The van der Waals surface area contributed by atoms with Gasteiger partial charge in [-0.05, 0) is 6.42 Å². The lowest BCUT2D eigenvalue weighted by atomic mass is 9.97. The normalized spacial score (nSPS) is 12.0. The number of aliphatic hydroxyl groups excluding tert-OH is 2. The van der Waals surface area contributed by atoms with Crippen molar-refractivity contribution in [2.45, 2.75) is 128 Å². The summed E-state index contributed by atoms with van der Waals surface area (Å²) in [7, 11) is 0. The first kappa shape index (κ1) is 27.1. The van der Waals surface area contributed by atoms with Gasteiger partial charge in [0.05, 0.1) is 24.4 Å². The number of aryl methyl sites for hydroxylation is 1. The Bertz CT molecular complexity index is 503. The third-order valence-corrected chi connectivity index (χ3v) is 5.99. The highest BCUT2D eigenvalue weighted by molar-refractivity contribution is 5.01. The minimum absolute atomic E-state index is 0.268. The van der Waals surface area contributed by atoms with E-state index in [1.165, 1.54) is 96.3 Å². The van der Waals surface area contributed by atoms with Gasteiger partial charge >= 0.3 is 0 Å². The zero-order chi connectivity index (χ0) is 21.9. The summed E-state index contributed by atoms with van der Waals surface area (Å²) >= 11 is 0. The fourth-order valence-corrected chi connectivity index (χ4v) is 3.87. The second-order valence-corrected chi connectivity index (χ2v) is 9.13. The molecule has 1 aromatic heterocycles.